The quantitative estimate of drug-likeness (QED) is 0.769. The first kappa shape index (κ1) is 18.4. The first-order valence-corrected chi connectivity index (χ1v) is 9.44. The van der Waals surface area contributed by atoms with Crippen LogP contribution in [-0.4, -0.2) is 31.5 Å². The molecule has 0 spiro atoms. The Labute approximate surface area is 151 Å². The molecule has 2 aliphatic heterocycles. The number of ether oxygens (including phenoxy) is 2. The maximum absolute atomic E-state index is 12.6. The normalized spacial score (nSPS) is 32.5. The molecule has 3 rings (SSSR count). The van der Waals surface area contributed by atoms with E-state index in [0.717, 1.165) is 36.8 Å². The van der Waals surface area contributed by atoms with E-state index in [0.29, 0.717) is 5.92 Å². The van der Waals surface area contributed by atoms with Crippen LogP contribution in [0.1, 0.15) is 53.4 Å². The van der Waals surface area contributed by atoms with Gasteiger partial charge in [-0.15, -0.1) is 0 Å². The number of allylic oxidation sites excluding steroid dienone is 2. The molecule has 1 aliphatic carbocycles. The number of amides is 1. The molecule has 0 saturated carbocycles. The summed E-state index contributed by atoms with van der Waals surface area (Å²) in [6, 6.07) is 0. The molecule has 3 aliphatic rings. The molecule has 4 nitrogen and oxygen atoms in total. The van der Waals surface area contributed by atoms with Gasteiger partial charge in [-0.1, -0.05) is 30.2 Å². The number of methoxy groups -OCH3 is 1. The highest BCUT2D eigenvalue weighted by atomic mass is 16.5. The molecule has 4 heteroatoms. The second kappa shape index (κ2) is 7.46. The summed E-state index contributed by atoms with van der Waals surface area (Å²) in [6.45, 7) is 8.74. The molecule has 1 fully saturated rings. The molecule has 2 bridgehead atoms. The Morgan fingerprint density at radius 3 is 2.92 bits per heavy atom. The van der Waals surface area contributed by atoms with Gasteiger partial charge in [-0.05, 0) is 57.9 Å². The second-order valence-corrected chi connectivity index (χ2v) is 7.97. The highest BCUT2D eigenvalue weighted by Crippen LogP contribution is 2.46. The van der Waals surface area contributed by atoms with E-state index in [4.69, 9.17) is 9.47 Å². The average molecular weight is 345 g/mol. The third-order valence-electron chi connectivity index (χ3n) is 5.77. The molecule has 0 aromatic heterocycles. The van der Waals surface area contributed by atoms with Gasteiger partial charge in [0, 0.05) is 18.6 Å². The fourth-order valence-corrected chi connectivity index (χ4v) is 4.50. The molecule has 5 unspecified atom stereocenters. The van der Waals surface area contributed by atoms with Gasteiger partial charge in [0.15, 0.2) is 6.23 Å². The second-order valence-electron chi connectivity index (χ2n) is 7.97. The Morgan fingerprint density at radius 2 is 2.24 bits per heavy atom. The molecule has 1 N–H and O–H groups in total. The van der Waals surface area contributed by atoms with E-state index in [-0.39, 0.29) is 30.3 Å². The molecule has 2 heterocycles. The highest BCUT2D eigenvalue weighted by molar-refractivity contribution is 5.98. The number of fused-ring (bicyclic) bond motifs is 1. The monoisotopic (exact) mass is 345 g/mol. The van der Waals surface area contributed by atoms with E-state index < -0.39 is 0 Å². The molecule has 0 aromatic carbocycles. The van der Waals surface area contributed by atoms with Crippen molar-refractivity contribution in [3.63, 3.8) is 0 Å². The van der Waals surface area contributed by atoms with Gasteiger partial charge in [0.05, 0.1) is 12.2 Å². The van der Waals surface area contributed by atoms with Crippen molar-refractivity contribution in [1.29, 1.82) is 0 Å². The van der Waals surface area contributed by atoms with Crippen LogP contribution in [0.25, 0.3) is 0 Å². The number of nitrogens with one attached hydrogen (secondary N) is 1. The molecule has 1 amide bonds. The van der Waals surface area contributed by atoms with Crippen LogP contribution in [0, 0.1) is 11.8 Å². The first-order chi connectivity index (χ1) is 11.9. The van der Waals surface area contributed by atoms with E-state index in [1.807, 2.05) is 0 Å². The van der Waals surface area contributed by atoms with Crippen LogP contribution >= 0.6 is 0 Å². The Balaban J connectivity index is 1.95. The summed E-state index contributed by atoms with van der Waals surface area (Å²) in [5.74, 6) is 0.732. The molecule has 25 heavy (non-hydrogen) atoms. The van der Waals surface area contributed by atoms with Crippen LogP contribution in [0.3, 0.4) is 0 Å². The molecule has 1 saturated heterocycles. The van der Waals surface area contributed by atoms with Gasteiger partial charge in [-0.3, -0.25) is 4.79 Å². The van der Waals surface area contributed by atoms with Crippen LogP contribution in [-0.2, 0) is 14.3 Å². The predicted molar refractivity (Wildman–Crippen MR) is 98.9 cm³/mol. The zero-order valence-corrected chi connectivity index (χ0v) is 16.1. The molecule has 0 radical (unpaired) electrons. The van der Waals surface area contributed by atoms with Gasteiger partial charge in [0.1, 0.15) is 0 Å². The van der Waals surface area contributed by atoms with Crippen molar-refractivity contribution in [2.45, 2.75) is 71.8 Å². The van der Waals surface area contributed by atoms with E-state index in [1.54, 1.807) is 7.11 Å². The van der Waals surface area contributed by atoms with Gasteiger partial charge in [-0.25, -0.2) is 0 Å². The fraction of sp³-hybridized carbons (Fsp3) is 0.667. The fourth-order valence-electron chi connectivity index (χ4n) is 4.50. The van der Waals surface area contributed by atoms with Crippen molar-refractivity contribution in [2.24, 2.45) is 11.8 Å². The lowest BCUT2D eigenvalue weighted by Gasteiger charge is -2.26. The van der Waals surface area contributed by atoms with E-state index in [2.05, 4.69) is 45.2 Å². The van der Waals surface area contributed by atoms with Gasteiger partial charge >= 0.3 is 0 Å². The zero-order chi connectivity index (χ0) is 18.1. The smallest absolute Gasteiger partial charge is 0.252 e. The van der Waals surface area contributed by atoms with Crippen LogP contribution in [0.15, 0.2) is 34.4 Å². The molecule has 0 aromatic rings. The largest absolute Gasteiger partial charge is 0.376 e. The Hall–Kier alpha value is -1.39. The number of hydrogen-bond acceptors (Lipinski definition) is 3. The van der Waals surface area contributed by atoms with Crippen molar-refractivity contribution >= 4 is 5.91 Å². The third-order valence-corrected chi connectivity index (χ3v) is 5.77. The summed E-state index contributed by atoms with van der Waals surface area (Å²) in [5.41, 5.74) is 4.66. The van der Waals surface area contributed by atoms with Gasteiger partial charge in [0.25, 0.3) is 5.91 Å². The van der Waals surface area contributed by atoms with E-state index >= 15 is 0 Å². The van der Waals surface area contributed by atoms with E-state index in [9.17, 15) is 4.79 Å². The Bertz CT molecular complexity index is 627. The summed E-state index contributed by atoms with van der Waals surface area (Å²) in [7, 11) is 1.69. The Morgan fingerprint density at radius 1 is 1.48 bits per heavy atom. The maximum atomic E-state index is 12.6. The SMILES string of the molecule is COC1CC=C(C)CC2OC3NC(=O)C1=C3C2C(C)CCC=C(C)C. The summed E-state index contributed by atoms with van der Waals surface area (Å²) >= 11 is 0. The summed E-state index contributed by atoms with van der Waals surface area (Å²) in [6.07, 6.45) is 8.07. The lowest BCUT2D eigenvalue weighted by molar-refractivity contribution is -0.120. The molecule has 138 valence electrons. The molecular weight excluding hydrogens is 314 g/mol. The lowest BCUT2D eigenvalue weighted by atomic mass is 9.78. The van der Waals surface area contributed by atoms with Gasteiger partial charge in [-0.2, -0.15) is 0 Å². The first-order valence-electron chi connectivity index (χ1n) is 9.44. The third kappa shape index (κ3) is 3.61. The van der Waals surface area contributed by atoms with Crippen LogP contribution in [0.5, 0.6) is 0 Å². The topological polar surface area (TPSA) is 47.6 Å². The van der Waals surface area contributed by atoms with Gasteiger partial charge < -0.3 is 14.8 Å². The van der Waals surface area contributed by atoms with Crippen molar-refractivity contribution in [3.05, 3.63) is 34.4 Å². The van der Waals surface area contributed by atoms with Crippen molar-refractivity contribution in [3.8, 4) is 0 Å². The summed E-state index contributed by atoms with van der Waals surface area (Å²) in [4.78, 5) is 12.6. The van der Waals surface area contributed by atoms with Crippen molar-refractivity contribution in [2.75, 3.05) is 7.11 Å². The lowest BCUT2D eigenvalue weighted by Crippen LogP contribution is -2.32. The van der Waals surface area contributed by atoms with Crippen molar-refractivity contribution < 1.29 is 14.3 Å². The predicted octanol–water partition coefficient (Wildman–Crippen LogP) is 3.89. The minimum atomic E-state index is -0.257. The minimum absolute atomic E-state index is 0.0141. The number of rotatable bonds is 5. The van der Waals surface area contributed by atoms with Crippen LogP contribution in [0.4, 0.5) is 0 Å². The molecular formula is C21H31NO3. The summed E-state index contributed by atoms with van der Waals surface area (Å²) < 4.78 is 12.0. The number of carbonyl (C=O) groups excluding carboxylic acids is 1. The zero-order valence-electron chi connectivity index (χ0n) is 16.1. The maximum Gasteiger partial charge on any atom is 0.252 e. The number of hydrogen-bond donors (Lipinski definition) is 1. The van der Waals surface area contributed by atoms with Crippen molar-refractivity contribution in [1.82, 2.24) is 5.32 Å². The molecule has 5 atom stereocenters. The summed E-state index contributed by atoms with van der Waals surface area (Å²) in [5, 5.41) is 3.03. The Kier molecular flexibility index (Phi) is 5.49. The van der Waals surface area contributed by atoms with Gasteiger partial charge in [0.2, 0.25) is 0 Å². The van der Waals surface area contributed by atoms with Crippen LogP contribution in [0.2, 0.25) is 0 Å². The average Bonchev–Trinajstić information content (AvgIpc) is 3.03. The minimum Gasteiger partial charge on any atom is -0.376 e. The highest BCUT2D eigenvalue weighted by Gasteiger charge is 2.50. The van der Waals surface area contributed by atoms with E-state index in [1.165, 1.54) is 11.1 Å². The van der Waals surface area contributed by atoms with Crippen LogP contribution < -0.4 is 5.32 Å². The number of carbonyl (C=O) groups is 1. The standard InChI is InChI=1S/C21H31NO3/c1-12(2)7-6-8-14(4)17-16-11-13(3)9-10-15(24-5)18-19(17)21(25-16)22-20(18)23/h7,9,14-17,21H,6,8,10-11H2,1-5H3,(H,22,23).